The highest BCUT2D eigenvalue weighted by molar-refractivity contribution is 5.66. The number of allylic oxidation sites excluding steroid dienone is 2. The van der Waals surface area contributed by atoms with Crippen molar-refractivity contribution < 1.29 is 24.5 Å². The van der Waals surface area contributed by atoms with E-state index in [4.69, 9.17) is 14.6 Å². The monoisotopic (exact) mass is 479 g/mol. The van der Waals surface area contributed by atoms with Gasteiger partial charge in [-0.3, -0.25) is 9.69 Å². The quantitative estimate of drug-likeness (QED) is 0.364. The molecular formula is C29H37NO5. The molecule has 4 atom stereocenters. The molecule has 4 rings (SSSR count). The van der Waals surface area contributed by atoms with Crippen molar-refractivity contribution in [1.29, 1.82) is 0 Å². The Hall–Kier alpha value is -2.51. The lowest BCUT2D eigenvalue weighted by molar-refractivity contribution is -0.137. The lowest BCUT2D eigenvalue weighted by Gasteiger charge is -2.38. The Labute approximate surface area is 208 Å². The van der Waals surface area contributed by atoms with Crippen LogP contribution in [-0.4, -0.2) is 65.6 Å². The van der Waals surface area contributed by atoms with Crippen LogP contribution < -0.4 is 0 Å². The fourth-order valence-electron chi connectivity index (χ4n) is 5.27. The van der Waals surface area contributed by atoms with Crippen molar-refractivity contribution in [2.75, 3.05) is 26.3 Å². The number of unbranched alkanes of at least 4 members (excludes halogenated alkanes) is 1. The van der Waals surface area contributed by atoms with Crippen LogP contribution >= 0.6 is 0 Å². The fraction of sp³-hybridized carbons (Fsp3) is 0.483. The third-order valence-electron chi connectivity index (χ3n) is 7.12. The summed E-state index contributed by atoms with van der Waals surface area (Å²) < 4.78 is 12.0. The molecule has 0 unspecified atom stereocenters. The van der Waals surface area contributed by atoms with Crippen molar-refractivity contribution in [3.8, 4) is 11.1 Å². The van der Waals surface area contributed by atoms with E-state index in [-0.39, 0.29) is 24.5 Å². The van der Waals surface area contributed by atoms with Gasteiger partial charge in [0.05, 0.1) is 32.0 Å². The number of benzene rings is 2. The molecular weight excluding hydrogens is 442 g/mol. The normalized spacial score (nSPS) is 25.3. The van der Waals surface area contributed by atoms with E-state index in [0.29, 0.717) is 32.7 Å². The summed E-state index contributed by atoms with van der Waals surface area (Å²) in [5.74, 6) is -0.666. The number of hydrogen-bond donors (Lipinski definition) is 2. The minimum Gasteiger partial charge on any atom is -0.481 e. The topological polar surface area (TPSA) is 79.2 Å². The molecule has 0 aromatic heterocycles. The zero-order valence-corrected chi connectivity index (χ0v) is 20.3. The van der Waals surface area contributed by atoms with Crippen LogP contribution in [0.25, 0.3) is 11.1 Å². The minimum absolute atomic E-state index is 0.0395. The van der Waals surface area contributed by atoms with Crippen molar-refractivity contribution in [3.05, 3.63) is 72.3 Å². The molecule has 6 nitrogen and oxygen atoms in total. The van der Waals surface area contributed by atoms with Gasteiger partial charge in [0, 0.05) is 37.9 Å². The van der Waals surface area contributed by atoms with Crippen molar-refractivity contribution in [3.63, 3.8) is 0 Å². The molecule has 0 radical (unpaired) electrons. The molecule has 2 aliphatic rings. The number of ether oxygens (including phenoxy) is 2. The summed E-state index contributed by atoms with van der Waals surface area (Å²) in [6.45, 7) is 3.63. The van der Waals surface area contributed by atoms with Crippen LogP contribution in [0.2, 0.25) is 0 Å². The predicted octanol–water partition coefficient (Wildman–Crippen LogP) is 4.52. The highest BCUT2D eigenvalue weighted by Crippen LogP contribution is 2.36. The first kappa shape index (κ1) is 25.6. The van der Waals surface area contributed by atoms with Gasteiger partial charge < -0.3 is 19.7 Å². The summed E-state index contributed by atoms with van der Waals surface area (Å²) >= 11 is 0. The van der Waals surface area contributed by atoms with E-state index in [1.807, 2.05) is 18.2 Å². The Balaban J connectivity index is 1.37. The van der Waals surface area contributed by atoms with E-state index in [1.54, 1.807) is 0 Å². The summed E-state index contributed by atoms with van der Waals surface area (Å²) in [5, 5.41) is 19.7. The van der Waals surface area contributed by atoms with Crippen LogP contribution in [0, 0.1) is 5.92 Å². The maximum absolute atomic E-state index is 10.9. The van der Waals surface area contributed by atoms with Crippen LogP contribution in [0.5, 0.6) is 0 Å². The third-order valence-corrected chi connectivity index (χ3v) is 7.12. The number of aliphatic hydroxyl groups excluding tert-OH is 1. The minimum atomic E-state index is -0.758. The molecule has 1 aliphatic carbocycles. The van der Waals surface area contributed by atoms with Crippen LogP contribution in [-0.2, 0) is 20.9 Å². The predicted molar refractivity (Wildman–Crippen MR) is 136 cm³/mol. The molecule has 2 fully saturated rings. The first-order valence-corrected chi connectivity index (χ1v) is 12.7. The molecule has 35 heavy (non-hydrogen) atoms. The van der Waals surface area contributed by atoms with Crippen molar-refractivity contribution in [2.45, 2.75) is 57.0 Å². The zero-order valence-electron chi connectivity index (χ0n) is 20.3. The molecule has 0 bridgehead atoms. The van der Waals surface area contributed by atoms with E-state index >= 15 is 0 Å². The molecule has 6 heteroatoms. The van der Waals surface area contributed by atoms with E-state index < -0.39 is 12.1 Å². The lowest BCUT2D eigenvalue weighted by Crippen LogP contribution is -2.50. The van der Waals surface area contributed by atoms with Gasteiger partial charge in [0.15, 0.2) is 0 Å². The standard InChI is InChI=1S/C29H37NO5/c31-26-20-27(35-21-22-12-14-24(15-13-22)23-8-4-3-5-9-23)29(30-16-18-34-19-17-30)25(26)10-6-1-2-7-11-28(32)33/h1,3-6,8-9,12-15,25-27,29,31H,2,7,10-11,16-21H2,(H,32,33)/t25-,26-,27+,29+/m0/s1. The van der Waals surface area contributed by atoms with Crippen LogP contribution in [0.3, 0.4) is 0 Å². The first-order chi connectivity index (χ1) is 17.1. The van der Waals surface area contributed by atoms with Crippen molar-refractivity contribution >= 4 is 5.97 Å². The Morgan fingerprint density at radius 1 is 1.03 bits per heavy atom. The maximum atomic E-state index is 10.9. The molecule has 1 heterocycles. The number of aliphatic carboxylic acids is 1. The van der Waals surface area contributed by atoms with Crippen molar-refractivity contribution in [2.24, 2.45) is 5.92 Å². The van der Waals surface area contributed by atoms with Crippen LogP contribution in [0.1, 0.15) is 37.7 Å². The van der Waals surface area contributed by atoms with Gasteiger partial charge in [-0.05, 0) is 36.0 Å². The summed E-state index contributed by atoms with van der Waals surface area (Å²) in [4.78, 5) is 13.1. The molecule has 2 aromatic carbocycles. The SMILES string of the molecule is O=C(O)CCCC=CC[C@@H]1[C@@H](N2CCOCC2)[C@H](OCc2ccc(-c3ccccc3)cc2)C[C@@H]1O. The molecule has 2 aromatic rings. The number of nitrogens with zero attached hydrogens (tertiary/aromatic N) is 1. The van der Waals surface area contributed by atoms with E-state index in [2.05, 4.69) is 53.5 Å². The average molecular weight is 480 g/mol. The number of rotatable bonds is 11. The van der Waals surface area contributed by atoms with Gasteiger partial charge >= 0.3 is 5.97 Å². The molecule has 2 N–H and O–H groups in total. The number of morpholine rings is 1. The van der Waals surface area contributed by atoms with Crippen LogP contribution in [0.15, 0.2) is 66.7 Å². The first-order valence-electron chi connectivity index (χ1n) is 12.7. The Morgan fingerprint density at radius 3 is 2.46 bits per heavy atom. The second kappa shape index (κ2) is 13.0. The number of carboxylic acid groups (broad SMARTS) is 1. The van der Waals surface area contributed by atoms with E-state index in [0.717, 1.165) is 31.5 Å². The van der Waals surface area contributed by atoms with E-state index in [9.17, 15) is 9.90 Å². The smallest absolute Gasteiger partial charge is 0.303 e. The van der Waals surface area contributed by atoms with Gasteiger partial charge in [-0.15, -0.1) is 0 Å². The van der Waals surface area contributed by atoms with Gasteiger partial charge in [-0.2, -0.15) is 0 Å². The second-order valence-electron chi connectivity index (χ2n) is 9.51. The zero-order chi connectivity index (χ0) is 24.5. The molecule has 0 amide bonds. The van der Waals surface area contributed by atoms with Gasteiger partial charge in [0.25, 0.3) is 0 Å². The summed E-state index contributed by atoms with van der Waals surface area (Å²) in [5.41, 5.74) is 3.51. The molecule has 1 aliphatic heterocycles. The van der Waals surface area contributed by atoms with Gasteiger partial charge in [0.2, 0.25) is 0 Å². The van der Waals surface area contributed by atoms with Gasteiger partial charge in [-0.25, -0.2) is 0 Å². The Morgan fingerprint density at radius 2 is 1.74 bits per heavy atom. The maximum Gasteiger partial charge on any atom is 0.303 e. The van der Waals surface area contributed by atoms with Gasteiger partial charge in [-0.1, -0.05) is 66.7 Å². The number of hydrogen-bond acceptors (Lipinski definition) is 5. The summed E-state index contributed by atoms with van der Waals surface area (Å²) in [6, 6.07) is 19.0. The number of carboxylic acids is 1. The summed E-state index contributed by atoms with van der Waals surface area (Å²) in [6.07, 6.45) is 6.66. The third kappa shape index (κ3) is 7.24. The summed E-state index contributed by atoms with van der Waals surface area (Å²) in [7, 11) is 0. The fourth-order valence-corrected chi connectivity index (χ4v) is 5.27. The Bertz CT molecular complexity index is 939. The molecule has 0 spiro atoms. The van der Waals surface area contributed by atoms with Crippen LogP contribution in [0.4, 0.5) is 0 Å². The average Bonchev–Trinajstić information content (AvgIpc) is 3.21. The number of aliphatic hydroxyl groups is 1. The Kier molecular flexibility index (Phi) is 9.49. The second-order valence-corrected chi connectivity index (χ2v) is 9.51. The largest absolute Gasteiger partial charge is 0.481 e. The van der Waals surface area contributed by atoms with E-state index in [1.165, 1.54) is 11.1 Å². The molecule has 188 valence electrons. The molecule has 1 saturated carbocycles. The highest BCUT2D eigenvalue weighted by atomic mass is 16.5. The lowest BCUT2D eigenvalue weighted by atomic mass is 9.95. The number of carbonyl (C=O) groups is 1. The highest BCUT2D eigenvalue weighted by Gasteiger charge is 2.45. The van der Waals surface area contributed by atoms with Crippen molar-refractivity contribution in [1.82, 2.24) is 4.90 Å². The molecule has 1 saturated heterocycles. The van der Waals surface area contributed by atoms with Gasteiger partial charge in [0.1, 0.15) is 0 Å².